The number of carboxylic acids is 2. The van der Waals surface area contributed by atoms with Crippen LogP contribution in [0.1, 0.15) is 16.1 Å². The van der Waals surface area contributed by atoms with Gasteiger partial charge in [0.1, 0.15) is 17.0 Å². The number of benzene rings is 2. The Hall–Kier alpha value is -4.71. The normalized spacial score (nSPS) is 13.1. The minimum absolute atomic E-state index is 0.0473. The van der Waals surface area contributed by atoms with Crippen molar-refractivity contribution in [2.75, 3.05) is 31.1 Å². The number of anilines is 1. The lowest BCUT2D eigenvalue weighted by Gasteiger charge is -2.36. The van der Waals surface area contributed by atoms with E-state index in [1.54, 1.807) is 17.9 Å². The lowest BCUT2D eigenvalue weighted by atomic mass is 10.0. The van der Waals surface area contributed by atoms with Crippen LogP contribution in [0.3, 0.4) is 0 Å². The van der Waals surface area contributed by atoms with Gasteiger partial charge in [-0.05, 0) is 13.0 Å². The monoisotopic (exact) mass is 542 g/mol. The van der Waals surface area contributed by atoms with Gasteiger partial charge in [-0.2, -0.15) is 0 Å². The van der Waals surface area contributed by atoms with Crippen LogP contribution < -0.4 is 4.90 Å². The summed E-state index contributed by atoms with van der Waals surface area (Å²) in [6.07, 6.45) is 1.12. The molecule has 4 rings (SSSR count). The highest BCUT2D eigenvalue weighted by Gasteiger charge is 2.29. The van der Waals surface area contributed by atoms with Crippen LogP contribution in [0.2, 0.25) is 5.02 Å². The minimum Gasteiger partial charge on any atom is -0.478 e. The van der Waals surface area contributed by atoms with Gasteiger partial charge < -0.3 is 24.5 Å². The first-order chi connectivity index (χ1) is 18.1. The van der Waals surface area contributed by atoms with Crippen molar-refractivity contribution in [3.63, 3.8) is 0 Å². The van der Waals surface area contributed by atoms with E-state index in [9.17, 15) is 24.5 Å². The topological polar surface area (TPSA) is 167 Å². The Morgan fingerprint density at radius 3 is 2.16 bits per heavy atom. The van der Waals surface area contributed by atoms with Gasteiger partial charge in [-0.3, -0.25) is 14.9 Å². The number of rotatable bonds is 6. The van der Waals surface area contributed by atoms with E-state index in [0.717, 1.165) is 11.3 Å². The van der Waals surface area contributed by atoms with Crippen LogP contribution >= 0.6 is 11.6 Å². The second kappa shape index (κ2) is 12.5. The molecule has 1 fully saturated rings. The molecule has 0 saturated carbocycles. The number of non-ortho nitro benzene ring substituents is 1. The molecule has 38 heavy (non-hydrogen) atoms. The Morgan fingerprint density at radius 2 is 1.63 bits per heavy atom. The summed E-state index contributed by atoms with van der Waals surface area (Å²) >= 11 is 6.25. The Balaban J connectivity index is 0.000000436. The number of carbonyl (C=O) groups excluding carboxylic acids is 1. The van der Waals surface area contributed by atoms with Crippen molar-refractivity contribution in [3.05, 3.63) is 87.1 Å². The van der Waals surface area contributed by atoms with Crippen molar-refractivity contribution in [2.24, 2.45) is 0 Å². The van der Waals surface area contributed by atoms with Gasteiger partial charge in [0, 0.05) is 56.0 Å². The van der Waals surface area contributed by atoms with E-state index in [1.165, 1.54) is 12.1 Å². The Bertz CT molecular complexity index is 1350. The van der Waals surface area contributed by atoms with E-state index in [-0.39, 0.29) is 11.6 Å². The van der Waals surface area contributed by atoms with Gasteiger partial charge in [0.25, 0.3) is 11.6 Å². The minimum atomic E-state index is -1.26. The number of hydrogen-bond donors (Lipinski definition) is 2. The molecule has 2 heterocycles. The molecule has 1 amide bonds. The molecule has 1 aromatic heterocycles. The zero-order valence-corrected chi connectivity index (χ0v) is 20.9. The van der Waals surface area contributed by atoms with Crippen LogP contribution in [0, 0.1) is 17.0 Å². The summed E-state index contributed by atoms with van der Waals surface area (Å²) < 4.78 is 5.32. The fourth-order valence-electron chi connectivity index (χ4n) is 3.73. The number of aryl methyl sites for hydroxylation is 1. The molecule has 0 aliphatic carbocycles. The second-order valence-electron chi connectivity index (χ2n) is 8.01. The molecule has 3 aromatic rings. The summed E-state index contributed by atoms with van der Waals surface area (Å²) in [7, 11) is 0. The Morgan fingerprint density at radius 1 is 1.03 bits per heavy atom. The van der Waals surface area contributed by atoms with E-state index in [1.807, 2.05) is 35.2 Å². The number of nitro benzene ring substituents is 1. The van der Waals surface area contributed by atoms with E-state index >= 15 is 0 Å². The summed E-state index contributed by atoms with van der Waals surface area (Å²) in [5, 5.41) is 30.9. The maximum Gasteiger partial charge on any atom is 0.328 e. The zero-order chi connectivity index (χ0) is 27.8. The van der Waals surface area contributed by atoms with Gasteiger partial charge >= 0.3 is 11.9 Å². The summed E-state index contributed by atoms with van der Waals surface area (Å²) in [6.45, 7) is 3.85. The van der Waals surface area contributed by atoms with Crippen molar-refractivity contribution in [2.45, 2.75) is 6.92 Å². The highest BCUT2D eigenvalue weighted by Crippen LogP contribution is 2.31. The highest BCUT2D eigenvalue weighted by atomic mass is 35.5. The van der Waals surface area contributed by atoms with Crippen molar-refractivity contribution in [3.8, 4) is 11.3 Å². The maximum absolute atomic E-state index is 13.2. The molecule has 0 atom stereocenters. The summed E-state index contributed by atoms with van der Waals surface area (Å²) in [4.78, 5) is 46.5. The average Bonchev–Trinajstić information content (AvgIpc) is 3.29. The van der Waals surface area contributed by atoms with Gasteiger partial charge in [0.05, 0.1) is 15.6 Å². The molecule has 13 heteroatoms. The SMILES string of the molecule is Cc1onc(-c2ccccc2)c1C(=O)N1CCN(c2ccc([N+](=O)[O-])cc2Cl)CC1.O=C(O)/C=C/C(=O)O. The lowest BCUT2D eigenvalue weighted by Crippen LogP contribution is -2.49. The third kappa shape index (κ3) is 6.95. The number of nitrogens with zero attached hydrogens (tertiary/aromatic N) is 4. The zero-order valence-electron chi connectivity index (χ0n) is 20.1. The number of aromatic nitrogens is 1. The third-order valence-electron chi connectivity index (χ3n) is 5.54. The number of amides is 1. The fraction of sp³-hybridized carbons (Fsp3) is 0.200. The summed E-state index contributed by atoms with van der Waals surface area (Å²) in [5.41, 5.74) is 2.52. The molecule has 1 saturated heterocycles. The lowest BCUT2D eigenvalue weighted by molar-refractivity contribution is -0.384. The van der Waals surface area contributed by atoms with Crippen LogP contribution in [-0.2, 0) is 9.59 Å². The van der Waals surface area contributed by atoms with Crippen LogP contribution in [0.25, 0.3) is 11.3 Å². The summed E-state index contributed by atoms with van der Waals surface area (Å²) in [6, 6.07) is 13.9. The number of aliphatic carboxylic acids is 2. The van der Waals surface area contributed by atoms with Gasteiger partial charge in [-0.15, -0.1) is 0 Å². The third-order valence-corrected chi connectivity index (χ3v) is 5.84. The number of hydrogen-bond acceptors (Lipinski definition) is 8. The van der Waals surface area contributed by atoms with E-state index in [0.29, 0.717) is 60.4 Å². The largest absolute Gasteiger partial charge is 0.478 e. The molecule has 0 spiro atoms. The molecule has 0 radical (unpaired) electrons. The van der Waals surface area contributed by atoms with Crippen molar-refractivity contribution in [1.29, 1.82) is 0 Å². The van der Waals surface area contributed by atoms with Crippen LogP contribution in [-0.4, -0.2) is 69.2 Å². The van der Waals surface area contributed by atoms with Gasteiger partial charge in [-0.1, -0.05) is 47.1 Å². The van der Waals surface area contributed by atoms with Crippen molar-refractivity contribution < 1.29 is 34.0 Å². The van der Waals surface area contributed by atoms with E-state index in [2.05, 4.69) is 5.16 Å². The molecule has 0 bridgehead atoms. The predicted molar refractivity (Wildman–Crippen MR) is 137 cm³/mol. The smallest absolute Gasteiger partial charge is 0.328 e. The van der Waals surface area contributed by atoms with Crippen LogP contribution in [0.15, 0.2) is 65.2 Å². The molecule has 0 unspecified atom stereocenters. The fourth-order valence-corrected chi connectivity index (χ4v) is 4.03. The van der Waals surface area contributed by atoms with Crippen molar-refractivity contribution in [1.82, 2.24) is 10.1 Å². The van der Waals surface area contributed by atoms with Crippen LogP contribution in [0.5, 0.6) is 0 Å². The molecule has 1 aliphatic rings. The number of piperazine rings is 1. The van der Waals surface area contributed by atoms with Crippen molar-refractivity contribution >= 4 is 40.8 Å². The molecule has 2 N–H and O–H groups in total. The highest BCUT2D eigenvalue weighted by molar-refractivity contribution is 6.33. The predicted octanol–water partition coefficient (Wildman–Crippen LogP) is 3.89. The maximum atomic E-state index is 13.2. The second-order valence-corrected chi connectivity index (χ2v) is 8.42. The Labute approximate surface area is 221 Å². The standard InChI is InChI=1S/C21H19ClN4O4.C4H4O4/c1-14-19(20(23-30-14)15-5-3-2-4-6-15)21(27)25-11-9-24(10-12-25)18-8-7-16(26(28)29)13-17(18)22;5-3(6)1-2-4(7)8/h2-8,13H,9-12H2,1H3;1-2H,(H,5,6)(H,7,8)/b;2-1+. The van der Waals surface area contributed by atoms with E-state index in [4.69, 9.17) is 26.3 Å². The van der Waals surface area contributed by atoms with Gasteiger partial charge in [-0.25, -0.2) is 9.59 Å². The van der Waals surface area contributed by atoms with Gasteiger partial charge in [0.15, 0.2) is 0 Å². The number of nitro groups is 1. The molecular formula is C25H23ClN4O8. The Kier molecular flexibility index (Phi) is 9.17. The molecular weight excluding hydrogens is 520 g/mol. The number of carboxylic acid groups (broad SMARTS) is 2. The molecule has 198 valence electrons. The molecule has 12 nitrogen and oxygen atoms in total. The summed E-state index contributed by atoms with van der Waals surface area (Å²) in [5.74, 6) is -2.15. The molecule has 2 aromatic carbocycles. The van der Waals surface area contributed by atoms with Crippen LogP contribution in [0.4, 0.5) is 11.4 Å². The quantitative estimate of drug-likeness (QED) is 0.265. The first-order valence-corrected chi connectivity index (χ1v) is 11.6. The number of halogens is 1. The number of carbonyl (C=O) groups is 3. The van der Waals surface area contributed by atoms with E-state index < -0.39 is 16.9 Å². The first-order valence-electron chi connectivity index (χ1n) is 11.2. The average molecular weight is 543 g/mol. The van der Waals surface area contributed by atoms with Gasteiger partial charge in [0.2, 0.25) is 0 Å². The molecule has 1 aliphatic heterocycles. The first kappa shape index (κ1) is 27.9.